The van der Waals surface area contributed by atoms with E-state index in [9.17, 15) is 0 Å². The van der Waals surface area contributed by atoms with Crippen molar-refractivity contribution in [3.05, 3.63) is 171 Å². The van der Waals surface area contributed by atoms with Crippen LogP contribution in [0.4, 0.5) is 34.1 Å². The lowest BCUT2D eigenvalue weighted by atomic mass is 9.33. The lowest BCUT2D eigenvalue weighted by molar-refractivity contribution is 0.403. The third-order valence-electron chi connectivity index (χ3n) is 18.0. The van der Waals surface area contributed by atoms with Gasteiger partial charge in [0.05, 0.1) is 5.69 Å². The zero-order valence-corrected chi connectivity index (χ0v) is 47.9. The molecule has 4 aliphatic rings. The van der Waals surface area contributed by atoms with Crippen molar-refractivity contribution in [1.29, 1.82) is 0 Å². The smallest absolute Gasteiger partial charge is 0.252 e. The summed E-state index contributed by atoms with van der Waals surface area (Å²) in [4.78, 5) is 5.42. The number of aryl methyl sites for hydroxylation is 2. The van der Waals surface area contributed by atoms with Crippen molar-refractivity contribution in [3.8, 4) is 22.3 Å². The Morgan fingerprint density at radius 2 is 0.890 bits per heavy atom. The molecular weight excluding hydrogens is 880 g/mol. The van der Waals surface area contributed by atoms with Gasteiger partial charge in [0.25, 0.3) is 6.71 Å². The van der Waals surface area contributed by atoms with Crippen LogP contribution in [0.25, 0.3) is 22.3 Å². The fourth-order valence-electron chi connectivity index (χ4n) is 14.6. The van der Waals surface area contributed by atoms with Crippen molar-refractivity contribution in [2.24, 2.45) is 0 Å². The highest BCUT2D eigenvalue weighted by Crippen LogP contribution is 2.56. The van der Waals surface area contributed by atoms with E-state index >= 15 is 0 Å². The summed E-state index contributed by atoms with van der Waals surface area (Å²) in [6, 6.07) is 49.2. The first kappa shape index (κ1) is 49.4. The minimum atomic E-state index is -0.0679. The molecule has 0 radical (unpaired) electrons. The average molecular weight is 961 g/mol. The second-order valence-electron chi connectivity index (χ2n) is 28.7. The molecule has 0 unspecified atom stereocenters. The third-order valence-corrected chi connectivity index (χ3v) is 18.0. The second kappa shape index (κ2) is 15.9. The highest BCUT2D eigenvalue weighted by molar-refractivity contribution is 7.00. The first-order valence-electron chi connectivity index (χ1n) is 27.5. The minimum absolute atomic E-state index is 0.00140. The molecule has 374 valence electrons. The Morgan fingerprint density at radius 3 is 1.48 bits per heavy atom. The van der Waals surface area contributed by atoms with Crippen molar-refractivity contribution in [2.45, 2.75) is 182 Å². The molecule has 11 rings (SSSR count). The Morgan fingerprint density at radius 1 is 0.397 bits per heavy atom. The van der Waals surface area contributed by atoms with Crippen LogP contribution in [0.1, 0.15) is 181 Å². The van der Waals surface area contributed by atoms with E-state index in [4.69, 9.17) is 0 Å². The third kappa shape index (κ3) is 7.79. The molecule has 2 heterocycles. The molecule has 0 bridgehead atoms. The molecule has 3 heteroatoms. The normalized spacial score (nSPS) is 17.8. The Labute approximate surface area is 440 Å². The molecule has 0 N–H and O–H groups in total. The van der Waals surface area contributed by atoms with Gasteiger partial charge in [-0.1, -0.05) is 190 Å². The van der Waals surface area contributed by atoms with E-state index in [0.717, 1.165) is 12.8 Å². The summed E-state index contributed by atoms with van der Waals surface area (Å²) in [5, 5.41) is 0. The topological polar surface area (TPSA) is 6.48 Å². The van der Waals surface area contributed by atoms with E-state index < -0.39 is 0 Å². The molecule has 0 atom stereocenters. The number of benzene rings is 7. The molecule has 2 aliphatic heterocycles. The highest BCUT2D eigenvalue weighted by Gasteiger charge is 2.49. The molecule has 2 nitrogen and oxygen atoms in total. The molecule has 0 spiro atoms. The van der Waals surface area contributed by atoms with E-state index in [1.54, 1.807) is 0 Å². The molecule has 0 saturated heterocycles. The second-order valence-corrected chi connectivity index (χ2v) is 28.7. The van der Waals surface area contributed by atoms with Crippen LogP contribution in [0.2, 0.25) is 0 Å². The monoisotopic (exact) mass is 961 g/mol. The largest absolute Gasteiger partial charge is 0.311 e. The summed E-state index contributed by atoms with van der Waals surface area (Å²) < 4.78 is 0. The van der Waals surface area contributed by atoms with E-state index in [-0.39, 0.29) is 44.6 Å². The number of anilines is 6. The number of nitrogens with zero attached hydrogens (tertiary/aromatic N) is 2. The predicted octanol–water partition coefficient (Wildman–Crippen LogP) is 17.5. The fourth-order valence-corrected chi connectivity index (χ4v) is 14.6. The molecular formula is C70H81BN2. The number of hydrogen-bond donors (Lipinski definition) is 0. The molecule has 7 aromatic rings. The Kier molecular flexibility index (Phi) is 10.7. The molecule has 0 fully saturated rings. The van der Waals surface area contributed by atoms with Crippen LogP contribution >= 0.6 is 0 Å². The first-order chi connectivity index (χ1) is 33.9. The number of rotatable bonds is 4. The van der Waals surface area contributed by atoms with Crippen LogP contribution in [-0.2, 0) is 37.9 Å². The van der Waals surface area contributed by atoms with Crippen molar-refractivity contribution < 1.29 is 0 Å². The lowest BCUT2D eigenvalue weighted by Gasteiger charge is -2.46. The maximum Gasteiger partial charge on any atom is 0.252 e. The summed E-state index contributed by atoms with van der Waals surface area (Å²) in [6.45, 7) is 45.4. The number of hydrogen-bond acceptors (Lipinski definition) is 2. The van der Waals surface area contributed by atoms with Gasteiger partial charge in [0.15, 0.2) is 0 Å². The SMILES string of the molecule is Cc1cccc(C)c1-c1cc2c3c(c1)N(c1ccc(C(C)(C)C)cc1-c1ccc(C(C)(C)C)cc1)c1cc(C(C)(C)C)ccc1B3c1cc3c(cc1N2c1ccc2c(c1)C(C)(C)CC2(C)C)C(C)(C)CC3(C)C. The molecule has 73 heavy (non-hydrogen) atoms. The summed E-state index contributed by atoms with van der Waals surface area (Å²) in [6.07, 6.45) is 2.24. The standard InChI is InChI=1S/C70H81BN2/c1-42-21-20-22-43(2)62(42)45-33-60-63-61(34-45)73(57-32-28-47(65(6,7)8)35-50(57)44-23-25-46(26-24-44)64(3,4)5)58-36-48(66(9,10)11)27-31-55(58)71(63)56-38-53-54(70(18,19)41-69(53,16)17)39-59(56)72(60)49-29-30-51-52(37-49)68(14,15)40-67(51,12)13/h20-39H,40-41H2,1-19H3. The van der Waals surface area contributed by atoms with Gasteiger partial charge in [0, 0.05) is 34.0 Å². The lowest BCUT2D eigenvalue weighted by Crippen LogP contribution is -2.61. The molecule has 0 saturated carbocycles. The highest BCUT2D eigenvalue weighted by atomic mass is 15.2. The van der Waals surface area contributed by atoms with Crippen molar-refractivity contribution in [3.63, 3.8) is 0 Å². The van der Waals surface area contributed by atoms with Gasteiger partial charge in [-0.3, -0.25) is 0 Å². The van der Waals surface area contributed by atoms with Crippen molar-refractivity contribution in [2.75, 3.05) is 9.80 Å². The van der Waals surface area contributed by atoms with Crippen molar-refractivity contribution in [1.82, 2.24) is 0 Å². The molecule has 0 amide bonds. The van der Waals surface area contributed by atoms with Gasteiger partial charge in [-0.2, -0.15) is 0 Å². The zero-order chi connectivity index (χ0) is 52.5. The van der Waals surface area contributed by atoms with Gasteiger partial charge in [0.2, 0.25) is 0 Å². The van der Waals surface area contributed by atoms with Crippen LogP contribution in [-0.4, -0.2) is 6.71 Å². The van der Waals surface area contributed by atoms with Crippen LogP contribution in [0.3, 0.4) is 0 Å². The van der Waals surface area contributed by atoms with E-state index in [0.29, 0.717) is 0 Å². The van der Waals surface area contributed by atoms with Gasteiger partial charge in [0.1, 0.15) is 0 Å². The van der Waals surface area contributed by atoms with Gasteiger partial charge in [-0.15, -0.1) is 0 Å². The summed E-state index contributed by atoms with van der Waals surface area (Å²) >= 11 is 0. The van der Waals surface area contributed by atoms with Crippen LogP contribution in [0.15, 0.2) is 121 Å². The Hall–Kier alpha value is -5.80. The zero-order valence-electron chi connectivity index (χ0n) is 47.9. The van der Waals surface area contributed by atoms with Gasteiger partial charge in [-0.05, 0) is 196 Å². The van der Waals surface area contributed by atoms with Gasteiger partial charge >= 0.3 is 0 Å². The van der Waals surface area contributed by atoms with E-state index in [2.05, 4.69) is 263 Å². The van der Waals surface area contributed by atoms with Crippen LogP contribution in [0, 0.1) is 13.8 Å². The fraction of sp³-hybridized carbons (Fsp3) is 0.400. The van der Waals surface area contributed by atoms with Crippen LogP contribution < -0.4 is 26.2 Å². The van der Waals surface area contributed by atoms with Crippen molar-refractivity contribution >= 4 is 57.2 Å². The van der Waals surface area contributed by atoms with E-state index in [1.807, 2.05) is 0 Å². The Balaban J connectivity index is 1.31. The first-order valence-corrected chi connectivity index (χ1v) is 27.5. The minimum Gasteiger partial charge on any atom is -0.311 e. The average Bonchev–Trinajstić information content (AvgIpc) is 3.60. The molecule has 7 aromatic carbocycles. The van der Waals surface area contributed by atoms with Gasteiger partial charge < -0.3 is 9.80 Å². The molecule has 0 aromatic heterocycles. The van der Waals surface area contributed by atoms with Gasteiger partial charge in [-0.25, -0.2) is 0 Å². The number of fused-ring (bicyclic) bond motifs is 6. The summed E-state index contributed by atoms with van der Waals surface area (Å²) in [7, 11) is 0. The Bertz CT molecular complexity index is 3410. The quantitative estimate of drug-likeness (QED) is 0.162. The molecule has 2 aliphatic carbocycles. The summed E-state index contributed by atoms with van der Waals surface area (Å²) in [5.74, 6) is 0. The summed E-state index contributed by atoms with van der Waals surface area (Å²) in [5.41, 5.74) is 29.5. The van der Waals surface area contributed by atoms with Crippen LogP contribution in [0.5, 0.6) is 0 Å². The maximum absolute atomic E-state index is 2.71. The predicted molar refractivity (Wildman–Crippen MR) is 318 cm³/mol. The maximum atomic E-state index is 2.71. The van der Waals surface area contributed by atoms with E-state index in [1.165, 1.54) is 123 Å².